The molecule has 0 aliphatic heterocycles. The normalized spacial score (nSPS) is 19.0. The Labute approximate surface area is 120 Å². The second-order valence-electron chi connectivity index (χ2n) is 5.96. The summed E-state index contributed by atoms with van der Waals surface area (Å²) in [6.07, 6.45) is 5.70. The van der Waals surface area contributed by atoms with Gasteiger partial charge in [-0.1, -0.05) is 49.9 Å². The SMILES string of the molecule is C[C@H](NCc1ccc(C(F)F)cc1)C1CCCCCC1. The van der Waals surface area contributed by atoms with Crippen LogP contribution in [-0.2, 0) is 6.54 Å². The lowest BCUT2D eigenvalue weighted by molar-refractivity contribution is 0.151. The zero-order chi connectivity index (χ0) is 14.4. The Hall–Kier alpha value is -0.960. The van der Waals surface area contributed by atoms with E-state index in [2.05, 4.69) is 12.2 Å². The zero-order valence-corrected chi connectivity index (χ0v) is 12.2. The van der Waals surface area contributed by atoms with E-state index in [0.29, 0.717) is 6.04 Å². The van der Waals surface area contributed by atoms with E-state index in [9.17, 15) is 8.78 Å². The van der Waals surface area contributed by atoms with Gasteiger partial charge >= 0.3 is 0 Å². The molecule has 0 saturated heterocycles. The smallest absolute Gasteiger partial charge is 0.263 e. The van der Waals surface area contributed by atoms with Gasteiger partial charge in [0, 0.05) is 18.2 Å². The summed E-state index contributed by atoms with van der Waals surface area (Å²) in [7, 11) is 0. The first-order valence-electron chi connectivity index (χ1n) is 7.77. The summed E-state index contributed by atoms with van der Waals surface area (Å²) in [5.74, 6) is 0.762. The average Bonchev–Trinajstić information content (AvgIpc) is 2.74. The highest BCUT2D eigenvalue weighted by Gasteiger charge is 2.18. The average molecular weight is 281 g/mol. The summed E-state index contributed by atoms with van der Waals surface area (Å²) in [6, 6.07) is 7.15. The Morgan fingerprint density at radius 2 is 1.65 bits per heavy atom. The summed E-state index contributed by atoms with van der Waals surface area (Å²) in [6.45, 7) is 3.02. The van der Waals surface area contributed by atoms with E-state index in [1.807, 2.05) is 0 Å². The van der Waals surface area contributed by atoms with E-state index >= 15 is 0 Å². The van der Waals surface area contributed by atoms with Crippen molar-refractivity contribution in [2.45, 2.75) is 64.5 Å². The van der Waals surface area contributed by atoms with Crippen molar-refractivity contribution in [3.8, 4) is 0 Å². The molecule has 1 atom stereocenters. The Morgan fingerprint density at radius 3 is 2.20 bits per heavy atom. The fourth-order valence-electron chi connectivity index (χ4n) is 3.04. The van der Waals surface area contributed by atoms with E-state index in [-0.39, 0.29) is 5.56 Å². The molecule has 0 spiro atoms. The van der Waals surface area contributed by atoms with Crippen molar-refractivity contribution in [2.75, 3.05) is 0 Å². The second kappa shape index (κ2) is 7.72. The first-order chi connectivity index (χ1) is 9.66. The highest BCUT2D eigenvalue weighted by atomic mass is 19.3. The molecular formula is C17H25F2N. The van der Waals surface area contributed by atoms with Crippen molar-refractivity contribution < 1.29 is 8.78 Å². The lowest BCUT2D eigenvalue weighted by atomic mass is 9.93. The van der Waals surface area contributed by atoms with Crippen LogP contribution in [0.4, 0.5) is 8.78 Å². The van der Waals surface area contributed by atoms with Crippen LogP contribution >= 0.6 is 0 Å². The fourth-order valence-corrected chi connectivity index (χ4v) is 3.04. The molecule has 0 radical (unpaired) electrons. The van der Waals surface area contributed by atoms with Gasteiger partial charge in [-0.2, -0.15) is 0 Å². The molecule has 1 fully saturated rings. The van der Waals surface area contributed by atoms with Crippen molar-refractivity contribution in [3.63, 3.8) is 0 Å². The van der Waals surface area contributed by atoms with Crippen molar-refractivity contribution in [2.24, 2.45) is 5.92 Å². The van der Waals surface area contributed by atoms with Crippen molar-refractivity contribution >= 4 is 0 Å². The highest BCUT2D eigenvalue weighted by molar-refractivity contribution is 5.23. The summed E-state index contributed by atoms with van der Waals surface area (Å²) in [5.41, 5.74) is 1.18. The molecule has 2 rings (SSSR count). The molecule has 0 heterocycles. The number of halogens is 2. The number of nitrogens with one attached hydrogen (secondary N) is 1. The van der Waals surface area contributed by atoms with E-state index in [1.165, 1.54) is 50.7 Å². The lowest BCUT2D eigenvalue weighted by Crippen LogP contribution is -2.32. The molecule has 1 aromatic carbocycles. The monoisotopic (exact) mass is 281 g/mol. The van der Waals surface area contributed by atoms with Crippen LogP contribution in [0, 0.1) is 5.92 Å². The maximum atomic E-state index is 12.5. The zero-order valence-electron chi connectivity index (χ0n) is 12.2. The molecule has 1 nitrogen and oxygen atoms in total. The maximum absolute atomic E-state index is 12.5. The Bertz CT molecular complexity index is 380. The van der Waals surface area contributed by atoms with Crippen LogP contribution in [0.15, 0.2) is 24.3 Å². The van der Waals surface area contributed by atoms with Gasteiger partial charge in [-0.3, -0.25) is 0 Å². The molecule has 1 aromatic rings. The molecule has 0 aromatic heterocycles. The number of hydrogen-bond donors (Lipinski definition) is 1. The number of benzene rings is 1. The van der Waals surface area contributed by atoms with Gasteiger partial charge in [-0.25, -0.2) is 8.78 Å². The van der Waals surface area contributed by atoms with Crippen LogP contribution in [0.3, 0.4) is 0 Å². The van der Waals surface area contributed by atoms with Crippen LogP contribution < -0.4 is 5.32 Å². The first kappa shape index (κ1) is 15.4. The van der Waals surface area contributed by atoms with Gasteiger partial charge < -0.3 is 5.32 Å². The topological polar surface area (TPSA) is 12.0 Å². The minimum Gasteiger partial charge on any atom is -0.310 e. The van der Waals surface area contributed by atoms with Gasteiger partial charge in [0.05, 0.1) is 0 Å². The molecule has 0 unspecified atom stereocenters. The third kappa shape index (κ3) is 4.55. The second-order valence-corrected chi connectivity index (χ2v) is 5.96. The molecule has 1 aliphatic rings. The van der Waals surface area contributed by atoms with Gasteiger partial charge in [0.25, 0.3) is 6.43 Å². The minimum absolute atomic E-state index is 0.102. The van der Waals surface area contributed by atoms with Crippen molar-refractivity contribution in [1.82, 2.24) is 5.32 Å². The van der Waals surface area contributed by atoms with E-state index in [4.69, 9.17) is 0 Å². The Balaban J connectivity index is 1.81. The number of rotatable bonds is 5. The summed E-state index contributed by atoms with van der Waals surface area (Å²) in [4.78, 5) is 0. The van der Waals surface area contributed by atoms with Gasteiger partial charge in [-0.05, 0) is 31.2 Å². The van der Waals surface area contributed by atoms with Crippen LogP contribution in [0.2, 0.25) is 0 Å². The van der Waals surface area contributed by atoms with Crippen LogP contribution in [0.5, 0.6) is 0 Å². The maximum Gasteiger partial charge on any atom is 0.263 e. The van der Waals surface area contributed by atoms with Gasteiger partial charge in [0.1, 0.15) is 0 Å². The quantitative estimate of drug-likeness (QED) is 0.743. The number of alkyl halides is 2. The Kier molecular flexibility index (Phi) is 5.96. The predicted molar refractivity (Wildman–Crippen MR) is 78.9 cm³/mol. The van der Waals surface area contributed by atoms with Crippen LogP contribution in [0.1, 0.15) is 63.0 Å². The predicted octanol–water partition coefficient (Wildman–Crippen LogP) is 5.07. The van der Waals surface area contributed by atoms with Crippen molar-refractivity contribution in [1.29, 1.82) is 0 Å². The highest BCUT2D eigenvalue weighted by Crippen LogP contribution is 2.25. The van der Waals surface area contributed by atoms with Gasteiger partial charge in [0.15, 0.2) is 0 Å². The standard InChI is InChI=1S/C17H25F2N/c1-13(15-6-4-2-3-5-7-15)20-12-14-8-10-16(11-9-14)17(18)19/h8-11,13,15,17,20H,2-7,12H2,1H3/t13-/m0/s1. The van der Waals surface area contributed by atoms with Crippen LogP contribution in [-0.4, -0.2) is 6.04 Å². The molecule has 112 valence electrons. The van der Waals surface area contributed by atoms with Crippen molar-refractivity contribution in [3.05, 3.63) is 35.4 Å². The van der Waals surface area contributed by atoms with Crippen LogP contribution in [0.25, 0.3) is 0 Å². The van der Waals surface area contributed by atoms with E-state index < -0.39 is 6.43 Å². The molecule has 3 heteroatoms. The lowest BCUT2D eigenvalue weighted by Gasteiger charge is -2.23. The third-order valence-corrected chi connectivity index (χ3v) is 4.47. The van der Waals surface area contributed by atoms with E-state index in [1.54, 1.807) is 12.1 Å². The first-order valence-corrected chi connectivity index (χ1v) is 7.77. The molecule has 1 N–H and O–H groups in total. The summed E-state index contributed by atoms with van der Waals surface area (Å²) >= 11 is 0. The fraction of sp³-hybridized carbons (Fsp3) is 0.647. The minimum atomic E-state index is -2.37. The molecule has 1 saturated carbocycles. The van der Waals surface area contributed by atoms with E-state index in [0.717, 1.165) is 18.0 Å². The molecule has 20 heavy (non-hydrogen) atoms. The number of hydrogen-bond acceptors (Lipinski definition) is 1. The molecule has 0 bridgehead atoms. The largest absolute Gasteiger partial charge is 0.310 e. The van der Waals surface area contributed by atoms with Gasteiger partial charge in [0.2, 0.25) is 0 Å². The summed E-state index contributed by atoms with van der Waals surface area (Å²) in [5, 5.41) is 3.56. The Morgan fingerprint density at radius 1 is 1.05 bits per heavy atom. The van der Waals surface area contributed by atoms with Gasteiger partial charge in [-0.15, -0.1) is 0 Å². The third-order valence-electron chi connectivity index (χ3n) is 4.47. The molecule has 1 aliphatic carbocycles. The molecular weight excluding hydrogens is 256 g/mol. The summed E-state index contributed by atoms with van der Waals surface area (Å²) < 4.78 is 25.0. The molecule has 0 amide bonds.